The fourth-order valence-corrected chi connectivity index (χ4v) is 1.47. The molecule has 1 rings (SSSR count). The van der Waals surface area contributed by atoms with E-state index in [4.69, 9.17) is 5.11 Å². The molecule has 0 fully saturated rings. The molecule has 0 radical (unpaired) electrons. The standard InChI is InChI=1S/C7H9NO2S/c1-11-7(6(9)10)4-2-3-5-8-7/h2-3,5H,4H2,1H3,(H,9,10). The van der Waals surface area contributed by atoms with Crippen molar-refractivity contribution >= 4 is 23.9 Å². The Morgan fingerprint density at radius 1 is 1.82 bits per heavy atom. The molecule has 1 atom stereocenters. The van der Waals surface area contributed by atoms with Crippen LogP contribution >= 0.6 is 11.8 Å². The van der Waals surface area contributed by atoms with Crippen LogP contribution in [0.15, 0.2) is 17.1 Å². The van der Waals surface area contributed by atoms with Gasteiger partial charge in [0.15, 0.2) is 0 Å². The van der Waals surface area contributed by atoms with Crippen LogP contribution in [0, 0.1) is 0 Å². The lowest BCUT2D eigenvalue weighted by Gasteiger charge is -2.22. The van der Waals surface area contributed by atoms with Crippen molar-refractivity contribution in [1.82, 2.24) is 0 Å². The molecule has 0 saturated heterocycles. The second-order valence-electron chi connectivity index (χ2n) is 2.20. The molecule has 0 saturated carbocycles. The van der Waals surface area contributed by atoms with Crippen LogP contribution in [0.4, 0.5) is 0 Å². The molecular formula is C7H9NO2S. The molecular weight excluding hydrogens is 162 g/mol. The van der Waals surface area contributed by atoms with E-state index >= 15 is 0 Å². The van der Waals surface area contributed by atoms with E-state index in [1.54, 1.807) is 12.3 Å². The summed E-state index contributed by atoms with van der Waals surface area (Å²) >= 11 is 1.25. The van der Waals surface area contributed by atoms with Gasteiger partial charge < -0.3 is 5.11 Å². The lowest BCUT2D eigenvalue weighted by atomic mass is 10.1. The van der Waals surface area contributed by atoms with E-state index in [-0.39, 0.29) is 0 Å². The fraction of sp³-hybridized carbons (Fsp3) is 0.429. The molecule has 1 unspecified atom stereocenters. The zero-order valence-electron chi connectivity index (χ0n) is 6.15. The van der Waals surface area contributed by atoms with Gasteiger partial charge in [-0.1, -0.05) is 6.08 Å². The minimum absolute atomic E-state index is 0.472. The molecule has 0 amide bonds. The van der Waals surface area contributed by atoms with E-state index in [0.29, 0.717) is 6.42 Å². The maximum absolute atomic E-state index is 10.7. The van der Waals surface area contributed by atoms with E-state index in [1.165, 1.54) is 18.0 Å². The first-order chi connectivity index (χ1) is 5.21. The molecule has 0 aromatic heterocycles. The zero-order valence-corrected chi connectivity index (χ0v) is 6.97. The van der Waals surface area contributed by atoms with Crippen molar-refractivity contribution in [3.05, 3.63) is 12.2 Å². The van der Waals surface area contributed by atoms with Gasteiger partial charge in [0.05, 0.1) is 0 Å². The lowest BCUT2D eigenvalue weighted by Crippen LogP contribution is -2.33. The number of carbonyl (C=O) groups is 1. The van der Waals surface area contributed by atoms with Crippen LogP contribution in [0.5, 0.6) is 0 Å². The van der Waals surface area contributed by atoms with E-state index in [2.05, 4.69) is 4.99 Å². The molecule has 11 heavy (non-hydrogen) atoms. The fourth-order valence-electron chi connectivity index (χ4n) is 0.871. The van der Waals surface area contributed by atoms with Crippen molar-refractivity contribution in [2.45, 2.75) is 11.3 Å². The molecule has 1 aliphatic heterocycles. The summed E-state index contributed by atoms with van der Waals surface area (Å²) in [7, 11) is 0. The highest BCUT2D eigenvalue weighted by Crippen LogP contribution is 2.30. The first-order valence-electron chi connectivity index (χ1n) is 3.20. The summed E-state index contributed by atoms with van der Waals surface area (Å²) in [6, 6.07) is 0. The first-order valence-corrected chi connectivity index (χ1v) is 4.43. The number of aliphatic imine (C=N–C) groups is 1. The average molecular weight is 171 g/mol. The molecule has 4 heteroatoms. The number of allylic oxidation sites excluding steroid dienone is 1. The number of hydrogen-bond donors (Lipinski definition) is 1. The van der Waals surface area contributed by atoms with Gasteiger partial charge in [-0.25, -0.2) is 4.79 Å². The Bertz CT molecular complexity index is 224. The number of dihydropyridines is 1. The predicted octanol–water partition coefficient (Wildman–Crippen LogP) is 1.16. The number of carboxylic acid groups (broad SMARTS) is 1. The molecule has 1 N–H and O–H groups in total. The monoisotopic (exact) mass is 171 g/mol. The Hall–Kier alpha value is -0.770. The Balaban J connectivity index is 2.85. The van der Waals surface area contributed by atoms with E-state index in [1.807, 2.05) is 6.08 Å². The quantitative estimate of drug-likeness (QED) is 0.678. The molecule has 0 aromatic rings. The van der Waals surface area contributed by atoms with Crippen LogP contribution in [0.25, 0.3) is 0 Å². The van der Waals surface area contributed by atoms with Crippen molar-refractivity contribution in [2.24, 2.45) is 4.99 Å². The molecule has 0 aromatic carbocycles. The van der Waals surface area contributed by atoms with Crippen LogP contribution in [-0.4, -0.2) is 28.4 Å². The summed E-state index contributed by atoms with van der Waals surface area (Å²) in [5, 5.41) is 8.82. The number of hydrogen-bond acceptors (Lipinski definition) is 3. The van der Waals surface area contributed by atoms with Crippen molar-refractivity contribution in [3.63, 3.8) is 0 Å². The Morgan fingerprint density at radius 2 is 2.55 bits per heavy atom. The highest BCUT2D eigenvalue weighted by Gasteiger charge is 2.36. The summed E-state index contributed by atoms with van der Waals surface area (Å²) in [5.74, 6) is -0.870. The highest BCUT2D eigenvalue weighted by atomic mass is 32.2. The van der Waals surface area contributed by atoms with Gasteiger partial charge in [0.25, 0.3) is 0 Å². The predicted molar refractivity (Wildman–Crippen MR) is 46.1 cm³/mol. The third kappa shape index (κ3) is 1.45. The Morgan fingerprint density at radius 3 is 2.82 bits per heavy atom. The number of thioether (sulfide) groups is 1. The third-order valence-corrected chi connectivity index (χ3v) is 2.69. The number of rotatable bonds is 2. The summed E-state index contributed by atoms with van der Waals surface area (Å²) in [6.45, 7) is 0. The van der Waals surface area contributed by atoms with Gasteiger partial charge in [-0.2, -0.15) is 0 Å². The van der Waals surface area contributed by atoms with Crippen LogP contribution < -0.4 is 0 Å². The lowest BCUT2D eigenvalue weighted by molar-refractivity contribution is -0.139. The number of nitrogens with zero attached hydrogens (tertiary/aromatic N) is 1. The normalized spacial score (nSPS) is 28.8. The molecule has 0 aliphatic carbocycles. The van der Waals surface area contributed by atoms with Crippen molar-refractivity contribution in [1.29, 1.82) is 0 Å². The first kappa shape index (κ1) is 8.33. The summed E-state index contributed by atoms with van der Waals surface area (Å²) in [4.78, 5) is 13.7. The average Bonchev–Trinajstić information content (AvgIpc) is 2.05. The van der Waals surface area contributed by atoms with Crippen molar-refractivity contribution in [3.8, 4) is 0 Å². The molecule has 0 spiro atoms. The molecule has 1 heterocycles. The van der Waals surface area contributed by atoms with Gasteiger partial charge in [-0.05, 0) is 12.3 Å². The Kier molecular flexibility index (Phi) is 2.34. The van der Waals surface area contributed by atoms with Gasteiger partial charge in [0.2, 0.25) is 4.87 Å². The second-order valence-corrected chi connectivity index (χ2v) is 3.29. The molecule has 0 bridgehead atoms. The van der Waals surface area contributed by atoms with Crippen molar-refractivity contribution in [2.75, 3.05) is 6.26 Å². The SMILES string of the molecule is CSC1(C(=O)O)CC=CC=N1. The molecule has 60 valence electrons. The number of carboxylic acids is 1. The van der Waals surface area contributed by atoms with Crippen LogP contribution in [0.1, 0.15) is 6.42 Å². The smallest absolute Gasteiger partial charge is 0.342 e. The summed E-state index contributed by atoms with van der Waals surface area (Å²) in [6.07, 6.45) is 7.34. The van der Waals surface area contributed by atoms with Gasteiger partial charge >= 0.3 is 5.97 Å². The maximum Gasteiger partial charge on any atom is 0.342 e. The van der Waals surface area contributed by atoms with Crippen LogP contribution in [0.2, 0.25) is 0 Å². The van der Waals surface area contributed by atoms with Gasteiger partial charge in [0, 0.05) is 12.6 Å². The highest BCUT2D eigenvalue weighted by molar-refractivity contribution is 8.00. The topological polar surface area (TPSA) is 49.7 Å². The largest absolute Gasteiger partial charge is 0.479 e. The second kappa shape index (κ2) is 3.09. The van der Waals surface area contributed by atoms with Gasteiger partial charge in [-0.3, -0.25) is 4.99 Å². The summed E-state index contributed by atoms with van der Waals surface area (Å²) in [5.41, 5.74) is 0. The van der Waals surface area contributed by atoms with Gasteiger partial charge in [-0.15, -0.1) is 11.8 Å². The minimum atomic E-state index is -0.964. The van der Waals surface area contributed by atoms with E-state index in [9.17, 15) is 4.79 Å². The van der Waals surface area contributed by atoms with E-state index < -0.39 is 10.8 Å². The van der Waals surface area contributed by atoms with Gasteiger partial charge in [0.1, 0.15) is 0 Å². The van der Waals surface area contributed by atoms with E-state index in [0.717, 1.165) is 0 Å². The number of aliphatic carboxylic acids is 1. The Labute approximate surface area is 69.2 Å². The molecule has 3 nitrogen and oxygen atoms in total. The van der Waals surface area contributed by atoms with Crippen LogP contribution in [-0.2, 0) is 4.79 Å². The minimum Gasteiger partial charge on any atom is -0.479 e. The zero-order chi connectivity index (χ0) is 8.32. The third-order valence-electron chi connectivity index (χ3n) is 1.57. The van der Waals surface area contributed by atoms with Crippen LogP contribution in [0.3, 0.4) is 0 Å². The summed E-state index contributed by atoms with van der Waals surface area (Å²) < 4.78 is 0. The van der Waals surface area contributed by atoms with Crippen molar-refractivity contribution < 1.29 is 9.90 Å². The molecule has 1 aliphatic rings. The maximum atomic E-state index is 10.7.